The molecule has 1 unspecified atom stereocenters. The number of ether oxygens (including phenoxy) is 3. The number of rotatable bonds is 57. The Bertz CT molecular complexity index is 1320. The van der Waals surface area contributed by atoms with Crippen LogP contribution >= 0.6 is 0 Å². The highest BCUT2D eigenvalue weighted by Crippen LogP contribution is 2.16. The first kappa shape index (κ1) is 69.1. The Labute approximate surface area is 448 Å². The van der Waals surface area contributed by atoms with Crippen molar-refractivity contribution in [3.05, 3.63) is 85.1 Å². The van der Waals surface area contributed by atoms with Gasteiger partial charge in [0.2, 0.25) is 0 Å². The van der Waals surface area contributed by atoms with Crippen LogP contribution in [0, 0.1) is 0 Å². The molecule has 0 N–H and O–H groups in total. The van der Waals surface area contributed by atoms with E-state index in [9.17, 15) is 9.59 Å². The summed E-state index contributed by atoms with van der Waals surface area (Å²) in [6.45, 7) is 7.69. The molecular formula is C67H118O5. The van der Waals surface area contributed by atoms with Crippen molar-refractivity contribution in [1.29, 1.82) is 0 Å². The molecule has 0 aliphatic heterocycles. The largest absolute Gasteiger partial charge is 0.462 e. The molecule has 0 bridgehead atoms. The summed E-state index contributed by atoms with van der Waals surface area (Å²) in [5.74, 6) is -0.424. The number of unbranched alkanes of at least 4 members (excludes halogenated alkanes) is 32. The van der Waals surface area contributed by atoms with Crippen LogP contribution < -0.4 is 0 Å². The monoisotopic (exact) mass is 1000 g/mol. The molecule has 0 aromatic rings. The Kier molecular flexibility index (Phi) is 59.8. The van der Waals surface area contributed by atoms with Crippen molar-refractivity contribution in [3.8, 4) is 0 Å². The van der Waals surface area contributed by atoms with Gasteiger partial charge in [-0.3, -0.25) is 9.59 Å². The Morgan fingerprint density at radius 3 is 1.04 bits per heavy atom. The number of allylic oxidation sites excluding steroid dienone is 14. The Hall–Kier alpha value is -2.92. The molecule has 0 aliphatic carbocycles. The highest BCUT2D eigenvalue weighted by Gasteiger charge is 2.17. The van der Waals surface area contributed by atoms with Crippen LogP contribution in [0.5, 0.6) is 0 Å². The lowest BCUT2D eigenvalue weighted by molar-refractivity contribution is -0.163. The Balaban J connectivity index is 4.32. The van der Waals surface area contributed by atoms with Gasteiger partial charge in [-0.2, -0.15) is 0 Å². The number of carbonyl (C=O) groups is 2. The number of esters is 2. The first-order valence-electron chi connectivity index (χ1n) is 31.1. The zero-order valence-electron chi connectivity index (χ0n) is 47.9. The molecule has 0 saturated carbocycles. The smallest absolute Gasteiger partial charge is 0.306 e. The predicted octanol–water partition coefficient (Wildman–Crippen LogP) is 21.6. The number of hydrogen-bond acceptors (Lipinski definition) is 5. The van der Waals surface area contributed by atoms with Gasteiger partial charge in [-0.05, 0) is 96.3 Å². The summed E-state index contributed by atoms with van der Waals surface area (Å²) in [4.78, 5) is 25.6. The lowest BCUT2D eigenvalue weighted by Gasteiger charge is -2.18. The van der Waals surface area contributed by atoms with Gasteiger partial charge in [0, 0.05) is 19.4 Å². The topological polar surface area (TPSA) is 61.8 Å². The van der Waals surface area contributed by atoms with E-state index in [2.05, 4.69) is 106 Å². The Morgan fingerprint density at radius 2 is 0.625 bits per heavy atom. The van der Waals surface area contributed by atoms with E-state index in [1.807, 2.05) is 0 Å². The maximum Gasteiger partial charge on any atom is 0.306 e. The van der Waals surface area contributed by atoms with Crippen LogP contribution in [0.4, 0.5) is 0 Å². The highest BCUT2D eigenvalue weighted by molar-refractivity contribution is 5.70. The molecule has 0 fully saturated rings. The average Bonchev–Trinajstić information content (AvgIpc) is 3.38. The Morgan fingerprint density at radius 1 is 0.319 bits per heavy atom. The standard InChI is InChI=1S/C67H118O5/c1-4-7-10-13-16-19-22-25-28-31-33-35-38-41-44-47-50-53-56-59-62-70-63-65(72-67(69)61-58-55-52-49-46-43-40-36-30-27-24-21-18-15-12-9-6-3)64-71-66(68)60-57-54-51-48-45-42-39-37-34-32-29-26-23-20-17-14-11-8-5-2/h8,11,16-17,19-20,25-26,28-29,34,37,42,45,65H,4-7,9-10,12-15,18,21-24,27,30-33,35-36,38-41,43-44,46-64H2,1-3H3/b11-8-,19-16-,20-17-,28-25-,29-26-,37-34-,45-42-. The fraction of sp³-hybridized carbons (Fsp3) is 0.761. The molecule has 0 aromatic carbocycles. The highest BCUT2D eigenvalue weighted by atomic mass is 16.6. The molecule has 0 radical (unpaired) electrons. The van der Waals surface area contributed by atoms with Crippen LogP contribution in [0.25, 0.3) is 0 Å². The van der Waals surface area contributed by atoms with Crippen molar-refractivity contribution < 1.29 is 23.8 Å². The van der Waals surface area contributed by atoms with Gasteiger partial charge in [0.25, 0.3) is 0 Å². The second kappa shape index (κ2) is 62.4. The van der Waals surface area contributed by atoms with Crippen molar-refractivity contribution in [2.75, 3.05) is 19.8 Å². The molecule has 1 atom stereocenters. The predicted molar refractivity (Wildman–Crippen MR) is 316 cm³/mol. The summed E-state index contributed by atoms with van der Waals surface area (Å²) in [6.07, 6.45) is 83.3. The van der Waals surface area contributed by atoms with E-state index < -0.39 is 6.10 Å². The summed E-state index contributed by atoms with van der Waals surface area (Å²) < 4.78 is 17.5. The summed E-state index contributed by atoms with van der Waals surface area (Å²) in [5, 5.41) is 0. The maximum atomic E-state index is 12.9. The van der Waals surface area contributed by atoms with Gasteiger partial charge in [0.15, 0.2) is 6.10 Å². The molecule has 0 aliphatic rings. The number of hydrogen-bond donors (Lipinski definition) is 0. The quantitative estimate of drug-likeness (QED) is 0.0345. The molecule has 5 nitrogen and oxygen atoms in total. The molecular weight excluding hydrogens is 885 g/mol. The van der Waals surface area contributed by atoms with Crippen molar-refractivity contribution in [2.24, 2.45) is 0 Å². The first-order valence-corrected chi connectivity index (χ1v) is 31.1. The van der Waals surface area contributed by atoms with Crippen LogP contribution in [-0.2, 0) is 23.8 Å². The normalized spacial score (nSPS) is 12.8. The van der Waals surface area contributed by atoms with Crippen LogP contribution in [0.3, 0.4) is 0 Å². The van der Waals surface area contributed by atoms with Gasteiger partial charge in [-0.1, -0.05) is 279 Å². The number of carbonyl (C=O) groups excluding carboxylic acids is 2. The van der Waals surface area contributed by atoms with Crippen molar-refractivity contribution >= 4 is 11.9 Å². The molecule has 416 valence electrons. The molecule has 0 rings (SSSR count). The zero-order chi connectivity index (χ0) is 52.0. The van der Waals surface area contributed by atoms with E-state index in [4.69, 9.17) is 14.2 Å². The second-order valence-corrected chi connectivity index (χ2v) is 20.6. The van der Waals surface area contributed by atoms with Gasteiger partial charge < -0.3 is 14.2 Å². The van der Waals surface area contributed by atoms with Crippen molar-refractivity contribution in [1.82, 2.24) is 0 Å². The van der Waals surface area contributed by atoms with Crippen LogP contribution in [-0.4, -0.2) is 37.9 Å². The summed E-state index contributed by atoms with van der Waals surface area (Å²) in [5.41, 5.74) is 0. The molecule has 0 saturated heterocycles. The second-order valence-electron chi connectivity index (χ2n) is 20.6. The fourth-order valence-corrected chi connectivity index (χ4v) is 8.80. The van der Waals surface area contributed by atoms with Gasteiger partial charge >= 0.3 is 11.9 Å². The van der Waals surface area contributed by atoms with Crippen LogP contribution in [0.1, 0.15) is 303 Å². The third-order valence-electron chi connectivity index (χ3n) is 13.4. The van der Waals surface area contributed by atoms with Gasteiger partial charge in [0.05, 0.1) is 6.61 Å². The minimum absolute atomic E-state index is 0.0667. The minimum atomic E-state index is -0.555. The van der Waals surface area contributed by atoms with Gasteiger partial charge in [0.1, 0.15) is 6.61 Å². The third-order valence-corrected chi connectivity index (χ3v) is 13.4. The average molecular weight is 1000 g/mol. The van der Waals surface area contributed by atoms with Gasteiger partial charge in [-0.15, -0.1) is 0 Å². The van der Waals surface area contributed by atoms with Gasteiger partial charge in [-0.25, -0.2) is 0 Å². The van der Waals surface area contributed by atoms with E-state index in [-0.39, 0.29) is 25.2 Å². The third kappa shape index (κ3) is 59.6. The lowest BCUT2D eigenvalue weighted by atomic mass is 10.0. The lowest BCUT2D eigenvalue weighted by Crippen LogP contribution is -2.30. The van der Waals surface area contributed by atoms with Crippen LogP contribution in [0.15, 0.2) is 85.1 Å². The first-order chi connectivity index (χ1) is 35.6. The summed E-state index contributed by atoms with van der Waals surface area (Å²) in [7, 11) is 0. The SMILES string of the molecule is CC/C=C\C/C=C\C/C=C\C/C=C\C/C=C\CCCCCC(=O)OCC(COCCCCCCCCCCCC/C=C\C/C=C\CCCCC)OC(=O)CCCCCCCCCCCCCCCCCCC. The van der Waals surface area contributed by atoms with E-state index in [1.165, 1.54) is 180 Å². The van der Waals surface area contributed by atoms with Crippen molar-refractivity contribution in [2.45, 2.75) is 309 Å². The molecule has 5 heteroatoms. The molecule has 0 aromatic heterocycles. The molecule has 0 spiro atoms. The maximum absolute atomic E-state index is 12.9. The molecule has 0 heterocycles. The zero-order valence-corrected chi connectivity index (χ0v) is 47.9. The summed E-state index contributed by atoms with van der Waals surface area (Å²) >= 11 is 0. The van der Waals surface area contributed by atoms with Crippen molar-refractivity contribution in [3.63, 3.8) is 0 Å². The fourth-order valence-electron chi connectivity index (χ4n) is 8.80. The molecule has 72 heavy (non-hydrogen) atoms. The van der Waals surface area contributed by atoms with Crippen LogP contribution in [0.2, 0.25) is 0 Å². The minimum Gasteiger partial charge on any atom is -0.462 e. The summed E-state index contributed by atoms with van der Waals surface area (Å²) in [6, 6.07) is 0. The van der Waals surface area contributed by atoms with E-state index >= 15 is 0 Å². The molecule has 0 amide bonds. The van der Waals surface area contributed by atoms with E-state index in [0.29, 0.717) is 19.4 Å². The van der Waals surface area contributed by atoms with E-state index in [1.54, 1.807) is 0 Å². The van der Waals surface area contributed by atoms with E-state index in [0.717, 1.165) is 89.9 Å².